The van der Waals surface area contributed by atoms with Gasteiger partial charge in [-0.15, -0.1) is 0 Å². The molecule has 110 valence electrons. The Bertz CT molecular complexity index is 281. The van der Waals surface area contributed by atoms with E-state index in [4.69, 9.17) is 5.11 Å². The SMILES string of the molecule is O=C(O)CCCCCCNC(=O)CC1CSCCN1. The molecule has 3 N–H and O–H groups in total. The van der Waals surface area contributed by atoms with Crippen molar-refractivity contribution in [3.63, 3.8) is 0 Å². The van der Waals surface area contributed by atoms with Gasteiger partial charge in [0.1, 0.15) is 0 Å². The van der Waals surface area contributed by atoms with E-state index in [-0.39, 0.29) is 12.3 Å². The highest BCUT2D eigenvalue weighted by Gasteiger charge is 2.15. The summed E-state index contributed by atoms with van der Waals surface area (Å²) in [6, 6.07) is 0.314. The third kappa shape index (κ3) is 8.88. The smallest absolute Gasteiger partial charge is 0.303 e. The molecule has 1 amide bonds. The maximum absolute atomic E-state index is 11.7. The summed E-state index contributed by atoms with van der Waals surface area (Å²) in [5, 5.41) is 14.7. The van der Waals surface area contributed by atoms with Crippen molar-refractivity contribution in [2.24, 2.45) is 0 Å². The van der Waals surface area contributed by atoms with E-state index in [1.807, 2.05) is 11.8 Å². The van der Waals surface area contributed by atoms with Gasteiger partial charge in [-0.2, -0.15) is 11.8 Å². The molecule has 6 heteroatoms. The summed E-state index contributed by atoms with van der Waals surface area (Å²) in [6.07, 6.45) is 4.36. The minimum Gasteiger partial charge on any atom is -0.481 e. The van der Waals surface area contributed by atoms with E-state index in [9.17, 15) is 9.59 Å². The molecular formula is C13H24N2O3S. The number of hydrogen-bond acceptors (Lipinski definition) is 4. The van der Waals surface area contributed by atoms with E-state index in [2.05, 4.69) is 10.6 Å². The molecule has 0 saturated carbocycles. The molecule has 0 aromatic rings. The van der Waals surface area contributed by atoms with Crippen LogP contribution >= 0.6 is 11.8 Å². The maximum Gasteiger partial charge on any atom is 0.303 e. The summed E-state index contributed by atoms with van der Waals surface area (Å²) in [7, 11) is 0. The van der Waals surface area contributed by atoms with Crippen LogP contribution in [0.1, 0.15) is 38.5 Å². The normalized spacial score (nSPS) is 19.1. The molecule has 1 atom stereocenters. The van der Waals surface area contributed by atoms with Crippen LogP contribution < -0.4 is 10.6 Å². The molecule has 1 rings (SSSR count). The summed E-state index contributed by atoms with van der Waals surface area (Å²) in [4.78, 5) is 22.0. The van der Waals surface area contributed by atoms with Crippen LogP contribution in [0, 0.1) is 0 Å². The molecule has 1 unspecified atom stereocenters. The first-order valence-electron chi connectivity index (χ1n) is 6.98. The van der Waals surface area contributed by atoms with Crippen molar-refractivity contribution >= 4 is 23.6 Å². The van der Waals surface area contributed by atoms with Crippen LogP contribution in [0.2, 0.25) is 0 Å². The molecule has 0 aliphatic carbocycles. The van der Waals surface area contributed by atoms with Gasteiger partial charge in [0.05, 0.1) is 0 Å². The molecule has 1 fully saturated rings. The van der Waals surface area contributed by atoms with Crippen LogP contribution in [0.3, 0.4) is 0 Å². The molecule has 1 saturated heterocycles. The summed E-state index contributed by atoms with van der Waals surface area (Å²) < 4.78 is 0. The summed E-state index contributed by atoms with van der Waals surface area (Å²) >= 11 is 1.89. The number of hydrogen-bond donors (Lipinski definition) is 3. The topological polar surface area (TPSA) is 78.4 Å². The molecule has 0 bridgehead atoms. The van der Waals surface area contributed by atoms with Crippen LogP contribution in [0.5, 0.6) is 0 Å². The van der Waals surface area contributed by atoms with Crippen molar-refractivity contribution in [3.05, 3.63) is 0 Å². The Hall–Kier alpha value is -0.750. The fourth-order valence-electron chi connectivity index (χ4n) is 2.03. The Morgan fingerprint density at radius 3 is 2.74 bits per heavy atom. The van der Waals surface area contributed by atoms with Crippen molar-refractivity contribution in [2.75, 3.05) is 24.6 Å². The number of rotatable bonds is 9. The van der Waals surface area contributed by atoms with Crippen LogP contribution in [0.15, 0.2) is 0 Å². The number of nitrogens with one attached hydrogen (secondary N) is 2. The van der Waals surface area contributed by atoms with E-state index in [1.165, 1.54) is 0 Å². The highest BCUT2D eigenvalue weighted by atomic mass is 32.2. The molecule has 0 aromatic carbocycles. The Morgan fingerprint density at radius 1 is 1.26 bits per heavy atom. The lowest BCUT2D eigenvalue weighted by Gasteiger charge is -2.22. The van der Waals surface area contributed by atoms with Crippen molar-refractivity contribution in [1.29, 1.82) is 0 Å². The van der Waals surface area contributed by atoms with Gasteiger partial charge in [0.15, 0.2) is 0 Å². The van der Waals surface area contributed by atoms with E-state index in [0.717, 1.165) is 43.7 Å². The van der Waals surface area contributed by atoms with Gasteiger partial charge in [0, 0.05) is 43.5 Å². The van der Waals surface area contributed by atoms with Gasteiger partial charge in [-0.3, -0.25) is 9.59 Å². The summed E-state index contributed by atoms with van der Waals surface area (Å²) in [5.41, 5.74) is 0. The third-order valence-electron chi connectivity index (χ3n) is 3.07. The van der Waals surface area contributed by atoms with Crippen LogP contribution in [-0.2, 0) is 9.59 Å². The van der Waals surface area contributed by atoms with Crippen LogP contribution in [0.25, 0.3) is 0 Å². The van der Waals surface area contributed by atoms with Gasteiger partial charge in [-0.05, 0) is 12.8 Å². The molecule has 1 aliphatic heterocycles. The minimum absolute atomic E-state index is 0.116. The second-order valence-corrected chi connectivity index (χ2v) is 5.99. The zero-order chi connectivity index (χ0) is 13.9. The minimum atomic E-state index is -0.730. The maximum atomic E-state index is 11.7. The molecule has 1 heterocycles. The number of thioether (sulfide) groups is 1. The van der Waals surface area contributed by atoms with E-state index in [0.29, 0.717) is 19.0 Å². The predicted octanol–water partition coefficient (Wildman–Crippen LogP) is 1.23. The lowest BCUT2D eigenvalue weighted by molar-refractivity contribution is -0.137. The number of unbranched alkanes of at least 4 members (excludes halogenated alkanes) is 3. The van der Waals surface area contributed by atoms with E-state index in [1.54, 1.807) is 0 Å². The second kappa shape index (κ2) is 10.1. The first-order valence-corrected chi connectivity index (χ1v) is 8.13. The Kier molecular flexibility index (Phi) is 8.66. The monoisotopic (exact) mass is 288 g/mol. The molecular weight excluding hydrogens is 264 g/mol. The first kappa shape index (κ1) is 16.3. The van der Waals surface area contributed by atoms with Gasteiger partial charge in [-0.25, -0.2) is 0 Å². The fourth-order valence-corrected chi connectivity index (χ4v) is 2.98. The molecule has 19 heavy (non-hydrogen) atoms. The molecule has 5 nitrogen and oxygen atoms in total. The van der Waals surface area contributed by atoms with Gasteiger partial charge in [-0.1, -0.05) is 12.8 Å². The first-order chi connectivity index (χ1) is 9.18. The van der Waals surface area contributed by atoms with Crippen molar-refractivity contribution in [3.8, 4) is 0 Å². The number of amides is 1. The van der Waals surface area contributed by atoms with Gasteiger partial charge in [0.2, 0.25) is 5.91 Å². The molecule has 1 aliphatic rings. The molecule has 0 spiro atoms. The second-order valence-electron chi connectivity index (χ2n) is 4.84. The van der Waals surface area contributed by atoms with Gasteiger partial charge < -0.3 is 15.7 Å². The van der Waals surface area contributed by atoms with E-state index < -0.39 is 5.97 Å². The standard InChI is InChI=1S/C13H24N2O3S/c16-12(9-11-10-19-8-7-14-11)15-6-4-2-1-3-5-13(17)18/h11,14H,1-10H2,(H,15,16)(H,17,18). The van der Waals surface area contributed by atoms with Crippen LogP contribution in [0.4, 0.5) is 0 Å². The Labute approximate surface area is 118 Å². The number of aliphatic carboxylic acids is 1. The van der Waals surface area contributed by atoms with Crippen molar-refractivity contribution < 1.29 is 14.7 Å². The third-order valence-corrected chi connectivity index (χ3v) is 4.20. The Morgan fingerprint density at radius 2 is 2.05 bits per heavy atom. The summed E-state index contributed by atoms with van der Waals surface area (Å²) in [6.45, 7) is 1.69. The molecule has 0 aromatic heterocycles. The largest absolute Gasteiger partial charge is 0.481 e. The zero-order valence-corrected chi connectivity index (χ0v) is 12.1. The number of carbonyl (C=O) groups excluding carboxylic acids is 1. The van der Waals surface area contributed by atoms with Crippen LogP contribution in [-0.4, -0.2) is 47.6 Å². The average Bonchev–Trinajstić information content (AvgIpc) is 2.38. The lowest BCUT2D eigenvalue weighted by atomic mass is 10.1. The number of carboxylic acid groups (broad SMARTS) is 1. The van der Waals surface area contributed by atoms with E-state index >= 15 is 0 Å². The fraction of sp³-hybridized carbons (Fsp3) is 0.846. The van der Waals surface area contributed by atoms with Crippen molar-refractivity contribution in [1.82, 2.24) is 10.6 Å². The van der Waals surface area contributed by atoms with Gasteiger partial charge in [0.25, 0.3) is 0 Å². The number of carbonyl (C=O) groups is 2. The van der Waals surface area contributed by atoms with Gasteiger partial charge >= 0.3 is 5.97 Å². The average molecular weight is 288 g/mol. The highest BCUT2D eigenvalue weighted by Crippen LogP contribution is 2.10. The Balaban J connectivity index is 1.90. The number of carboxylic acids is 1. The zero-order valence-electron chi connectivity index (χ0n) is 11.3. The predicted molar refractivity (Wildman–Crippen MR) is 77.5 cm³/mol. The highest BCUT2D eigenvalue weighted by molar-refractivity contribution is 7.99. The quantitative estimate of drug-likeness (QED) is 0.556. The summed E-state index contributed by atoms with van der Waals surface area (Å²) in [5.74, 6) is 1.54. The molecule has 0 radical (unpaired) electrons. The lowest BCUT2D eigenvalue weighted by Crippen LogP contribution is -2.41. The van der Waals surface area contributed by atoms with Crippen molar-refractivity contribution in [2.45, 2.75) is 44.6 Å².